The largest absolute Gasteiger partial charge is 0.300 e. The van der Waals surface area contributed by atoms with Gasteiger partial charge >= 0.3 is 0 Å². The van der Waals surface area contributed by atoms with Crippen molar-refractivity contribution >= 4 is 44.9 Å². The molecule has 0 saturated heterocycles. The maximum Gasteiger partial charge on any atom is 0.132 e. The van der Waals surface area contributed by atoms with Gasteiger partial charge in [-0.15, -0.1) is 0 Å². The molecule has 0 unspecified atom stereocenters. The van der Waals surface area contributed by atoms with Crippen LogP contribution in [0.3, 0.4) is 0 Å². The van der Waals surface area contributed by atoms with E-state index in [9.17, 15) is 4.79 Å². The van der Waals surface area contributed by atoms with Gasteiger partial charge in [-0.05, 0) is 34.1 Å². The molecule has 0 spiro atoms. The molecule has 0 bridgehead atoms. The number of hydrogen-bond acceptors (Lipinski definition) is 1. The third-order valence-electron chi connectivity index (χ3n) is 1.67. The molecule has 0 saturated carbocycles. The Balaban J connectivity index is 0.000000288. The molecule has 0 fully saturated rings. The summed E-state index contributed by atoms with van der Waals surface area (Å²) in [6.07, 6.45) is 1.38. The molecular weight excluding hydrogens is 299 g/mol. The van der Waals surface area contributed by atoms with Crippen LogP contribution >= 0.6 is 39.1 Å². The van der Waals surface area contributed by atoms with Gasteiger partial charge in [-0.1, -0.05) is 37.0 Å². The highest BCUT2D eigenvalue weighted by Crippen LogP contribution is 2.24. The fourth-order valence-corrected chi connectivity index (χ4v) is 1.38. The first kappa shape index (κ1) is 14.9. The molecule has 15 heavy (non-hydrogen) atoms. The van der Waals surface area contributed by atoms with E-state index in [0.717, 1.165) is 4.47 Å². The quantitative estimate of drug-likeness (QED) is 0.692. The highest BCUT2D eigenvalue weighted by Gasteiger charge is 1.94. The van der Waals surface area contributed by atoms with Gasteiger partial charge in [0.15, 0.2) is 0 Å². The molecule has 0 aliphatic rings. The Morgan fingerprint density at radius 2 is 1.80 bits per heavy atom. The minimum atomic E-state index is 0.343. The summed E-state index contributed by atoms with van der Waals surface area (Å²) in [7, 11) is 0. The van der Waals surface area contributed by atoms with E-state index in [1.807, 2.05) is 19.9 Å². The molecule has 0 aliphatic heterocycles. The van der Waals surface area contributed by atoms with Crippen molar-refractivity contribution in [3.05, 3.63) is 32.7 Å². The lowest BCUT2D eigenvalue weighted by Gasteiger charge is -1.93. The van der Waals surface area contributed by atoms with Gasteiger partial charge in [0, 0.05) is 22.3 Å². The number of carbonyl (C=O) groups is 1. The lowest BCUT2D eigenvalue weighted by Crippen LogP contribution is -1.88. The van der Waals surface area contributed by atoms with Crippen LogP contribution in [0, 0.1) is 0 Å². The molecular formula is C11H13BrCl2O. The number of benzene rings is 1. The molecule has 0 radical (unpaired) electrons. The van der Waals surface area contributed by atoms with Gasteiger partial charge < -0.3 is 0 Å². The predicted molar refractivity (Wildman–Crippen MR) is 69.8 cm³/mol. The van der Waals surface area contributed by atoms with Crippen LogP contribution in [0.1, 0.15) is 26.7 Å². The zero-order valence-corrected chi connectivity index (χ0v) is 11.8. The van der Waals surface area contributed by atoms with Gasteiger partial charge in [-0.3, -0.25) is 4.79 Å². The normalized spacial score (nSPS) is 9.13. The van der Waals surface area contributed by atoms with Gasteiger partial charge in [0.1, 0.15) is 5.78 Å². The first-order chi connectivity index (χ1) is 7.01. The molecule has 4 heteroatoms. The molecule has 1 aromatic carbocycles. The van der Waals surface area contributed by atoms with Crippen molar-refractivity contribution in [2.24, 2.45) is 0 Å². The first-order valence-electron chi connectivity index (χ1n) is 4.63. The minimum absolute atomic E-state index is 0.343. The van der Waals surface area contributed by atoms with E-state index in [1.165, 1.54) is 0 Å². The van der Waals surface area contributed by atoms with E-state index in [0.29, 0.717) is 28.7 Å². The molecule has 0 amide bonds. The zero-order valence-electron chi connectivity index (χ0n) is 8.69. The highest BCUT2D eigenvalue weighted by atomic mass is 79.9. The number of carbonyl (C=O) groups excluding carboxylic acids is 1. The standard InChI is InChI=1S/C6H3BrCl2.C5H10O/c7-5-2-1-4(8)3-6(5)9;1-3-5(6)4-2/h1-3H;3-4H2,1-2H3. The van der Waals surface area contributed by atoms with Gasteiger partial charge in [0.2, 0.25) is 0 Å². The molecule has 1 aromatic rings. The Kier molecular flexibility index (Phi) is 8.12. The van der Waals surface area contributed by atoms with E-state index in [4.69, 9.17) is 23.2 Å². The predicted octanol–water partition coefficient (Wildman–Crippen LogP) is 5.13. The number of hydrogen-bond donors (Lipinski definition) is 0. The second kappa shape index (κ2) is 8.14. The van der Waals surface area contributed by atoms with Crippen LogP contribution in [-0.4, -0.2) is 5.78 Å². The van der Waals surface area contributed by atoms with Gasteiger partial charge in [0.05, 0.1) is 5.02 Å². The van der Waals surface area contributed by atoms with E-state index in [2.05, 4.69) is 15.9 Å². The van der Waals surface area contributed by atoms with Crippen LogP contribution in [-0.2, 0) is 4.79 Å². The summed E-state index contributed by atoms with van der Waals surface area (Å²) < 4.78 is 0.869. The summed E-state index contributed by atoms with van der Waals surface area (Å²) in [5, 5.41) is 1.30. The molecule has 0 atom stereocenters. The van der Waals surface area contributed by atoms with E-state index < -0.39 is 0 Å². The third-order valence-corrected chi connectivity index (χ3v) is 3.14. The molecule has 0 heterocycles. The van der Waals surface area contributed by atoms with Crippen molar-refractivity contribution in [1.29, 1.82) is 0 Å². The lowest BCUT2D eigenvalue weighted by molar-refractivity contribution is -0.118. The van der Waals surface area contributed by atoms with Gasteiger partial charge in [-0.2, -0.15) is 0 Å². The topological polar surface area (TPSA) is 17.1 Å². The van der Waals surface area contributed by atoms with E-state index in [-0.39, 0.29) is 0 Å². The Labute approximate surface area is 109 Å². The van der Waals surface area contributed by atoms with Crippen LogP contribution in [0.2, 0.25) is 10.0 Å². The summed E-state index contributed by atoms with van der Waals surface area (Å²) in [6, 6.07) is 5.27. The lowest BCUT2D eigenvalue weighted by atomic mass is 10.3. The monoisotopic (exact) mass is 310 g/mol. The number of halogens is 3. The third kappa shape index (κ3) is 6.93. The molecule has 84 valence electrons. The highest BCUT2D eigenvalue weighted by molar-refractivity contribution is 9.10. The maximum absolute atomic E-state index is 10.2. The molecule has 0 N–H and O–H groups in total. The Hall–Kier alpha value is -0.0500. The van der Waals surface area contributed by atoms with E-state index >= 15 is 0 Å². The average molecular weight is 312 g/mol. The SMILES string of the molecule is CCC(=O)CC.Clc1ccc(Br)c(Cl)c1. The van der Waals surface area contributed by atoms with Crippen molar-refractivity contribution in [2.75, 3.05) is 0 Å². The van der Waals surface area contributed by atoms with Gasteiger partial charge in [-0.25, -0.2) is 0 Å². The fraction of sp³-hybridized carbons (Fsp3) is 0.364. The van der Waals surface area contributed by atoms with Crippen molar-refractivity contribution in [2.45, 2.75) is 26.7 Å². The number of Topliss-reactive ketones (excluding diaryl/α,β-unsaturated/α-hetero) is 1. The smallest absolute Gasteiger partial charge is 0.132 e. The fourth-order valence-electron chi connectivity index (χ4n) is 0.720. The van der Waals surface area contributed by atoms with Crippen LogP contribution < -0.4 is 0 Å². The number of ketones is 1. The molecule has 0 aromatic heterocycles. The second-order valence-electron chi connectivity index (χ2n) is 2.80. The van der Waals surface area contributed by atoms with Crippen LogP contribution in [0.15, 0.2) is 22.7 Å². The molecule has 0 aliphatic carbocycles. The minimum Gasteiger partial charge on any atom is -0.300 e. The Bertz CT molecular complexity index is 320. The first-order valence-corrected chi connectivity index (χ1v) is 6.18. The Morgan fingerprint density at radius 1 is 1.27 bits per heavy atom. The summed E-state index contributed by atoms with van der Waals surface area (Å²) in [5.74, 6) is 0.343. The maximum atomic E-state index is 10.2. The summed E-state index contributed by atoms with van der Waals surface area (Å²) in [5.41, 5.74) is 0. The number of rotatable bonds is 2. The van der Waals surface area contributed by atoms with Crippen molar-refractivity contribution in [1.82, 2.24) is 0 Å². The zero-order chi connectivity index (χ0) is 11.8. The van der Waals surface area contributed by atoms with E-state index in [1.54, 1.807) is 12.1 Å². The average Bonchev–Trinajstić information content (AvgIpc) is 2.23. The van der Waals surface area contributed by atoms with Crippen molar-refractivity contribution < 1.29 is 4.79 Å². The van der Waals surface area contributed by atoms with Crippen molar-refractivity contribution in [3.63, 3.8) is 0 Å². The molecule has 1 nitrogen and oxygen atoms in total. The second-order valence-corrected chi connectivity index (χ2v) is 4.50. The molecule has 1 rings (SSSR count). The van der Waals surface area contributed by atoms with Gasteiger partial charge in [0.25, 0.3) is 0 Å². The van der Waals surface area contributed by atoms with Crippen LogP contribution in [0.25, 0.3) is 0 Å². The van der Waals surface area contributed by atoms with Crippen LogP contribution in [0.4, 0.5) is 0 Å². The summed E-state index contributed by atoms with van der Waals surface area (Å²) in [6.45, 7) is 3.76. The van der Waals surface area contributed by atoms with Crippen LogP contribution in [0.5, 0.6) is 0 Å². The summed E-state index contributed by atoms with van der Waals surface area (Å²) >= 11 is 14.5. The summed E-state index contributed by atoms with van der Waals surface area (Å²) in [4.78, 5) is 10.2. The van der Waals surface area contributed by atoms with Crippen molar-refractivity contribution in [3.8, 4) is 0 Å². The Morgan fingerprint density at radius 3 is 2.07 bits per heavy atom.